The molecule has 0 aliphatic rings. The van der Waals surface area contributed by atoms with Gasteiger partial charge in [-0.1, -0.05) is 41.9 Å². The van der Waals surface area contributed by atoms with Crippen molar-refractivity contribution >= 4 is 23.0 Å². The third kappa shape index (κ3) is 4.31. The zero-order valence-corrected chi connectivity index (χ0v) is 12.7. The predicted molar refractivity (Wildman–Crippen MR) is 91.1 cm³/mol. The van der Waals surface area contributed by atoms with Crippen molar-refractivity contribution in [1.82, 2.24) is 0 Å². The van der Waals surface area contributed by atoms with Gasteiger partial charge in [0.1, 0.15) is 0 Å². The number of rotatable bonds is 6. The first kappa shape index (κ1) is 15.5. The summed E-state index contributed by atoms with van der Waals surface area (Å²) >= 11 is 6.11. The number of unbranched alkanes of at least 4 members (excludes halogenated alkanes) is 1. The Morgan fingerprint density at radius 1 is 1.05 bits per heavy atom. The number of hydrogen-bond donors (Lipinski definition) is 2. The van der Waals surface area contributed by atoms with E-state index in [0.717, 1.165) is 36.2 Å². The van der Waals surface area contributed by atoms with Gasteiger partial charge in [-0.25, -0.2) is 0 Å². The Morgan fingerprint density at radius 2 is 1.81 bits per heavy atom. The Kier molecular flexibility index (Phi) is 5.78. The van der Waals surface area contributed by atoms with Crippen molar-refractivity contribution in [3.63, 3.8) is 0 Å². The van der Waals surface area contributed by atoms with Crippen molar-refractivity contribution in [3.8, 4) is 0 Å². The van der Waals surface area contributed by atoms with Gasteiger partial charge in [0, 0.05) is 28.4 Å². The maximum absolute atomic E-state index is 6.11. The van der Waals surface area contributed by atoms with E-state index in [4.69, 9.17) is 28.1 Å². The maximum Gasteiger partial charge on any atom is 0.0740 e. The number of nitrogens with zero attached hydrogens (tertiary/aromatic N) is 1. The highest BCUT2D eigenvalue weighted by molar-refractivity contribution is 6.31. The highest BCUT2D eigenvalue weighted by Gasteiger charge is 2.10. The van der Waals surface area contributed by atoms with E-state index in [1.807, 2.05) is 42.5 Å². The van der Waals surface area contributed by atoms with E-state index >= 15 is 0 Å². The summed E-state index contributed by atoms with van der Waals surface area (Å²) in [5.41, 5.74) is 15.1. The second-order valence-corrected chi connectivity index (χ2v) is 5.26. The van der Waals surface area contributed by atoms with E-state index in [1.165, 1.54) is 0 Å². The number of halogens is 1. The minimum absolute atomic E-state index is 0.657. The monoisotopic (exact) mass is 301 g/mol. The Hall–Kier alpha value is -1.84. The number of nitrogen functional groups attached to an aromatic ring is 1. The molecule has 0 unspecified atom stereocenters. The van der Waals surface area contributed by atoms with Crippen LogP contribution in [0.3, 0.4) is 0 Å². The summed E-state index contributed by atoms with van der Waals surface area (Å²) in [7, 11) is 0. The number of benzene rings is 2. The summed E-state index contributed by atoms with van der Waals surface area (Å²) in [4.78, 5) is 4.73. The van der Waals surface area contributed by atoms with E-state index in [2.05, 4.69) is 0 Å². The standard InChI is InChI=1S/C17H20ClN3/c18-14-8-9-16(20)15(12-14)17(21-11-5-4-10-19)13-6-2-1-3-7-13/h1-3,6-9,12H,4-5,10-11,19-20H2. The SMILES string of the molecule is NCCCCN=C(c1ccccc1)c1cc(Cl)ccc1N. The fourth-order valence-electron chi connectivity index (χ4n) is 2.11. The Balaban J connectivity index is 2.38. The molecule has 4 N–H and O–H groups in total. The zero-order valence-electron chi connectivity index (χ0n) is 11.9. The summed E-state index contributed by atoms with van der Waals surface area (Å²) in [6.07, 6.45) is 1.93. The van der Waals surface area contributed by atoms with Crippen molar-refractivity contribution < 1.29 is 0 Å². The van der Waals surface area contributed by atoms with E-state index in [-0.39, 0.29) is 0 Å². The van der Waals surface area contributed by atoms with Crippen LogP contribution in [0.1, 0.15) is 24.0 Å². The molecular formula is C17H20ClN3. The quantitative estimate of drug-likeness (QED) is 0.487. The molecule has 0 aliphatic heterocycles. The molecule has 2 rings (SSSR count). The van der Waals surface area contributed by atoms with E-state index in [9.17, 15) is 0 Å². The molecule has 0 radical (unpaired) electrons. The zero-order chi connectivity index (χ0) is 15.1. The average Bonchev–Trinajstić information content (AvgIpc) is 2.51. The Bertz CT molecular complexity index is 609. The van der Waals surface area contributed by atoms with Gasteiger partial charge in [-0.2, -0.15) is 0 Å². The lowest BCUT2D eigenvalue weighted by Gasteiger charge is -2.11. The van der Waals surface area contributed by atoms with E-state index in [1.54, 1.807) is 6.07 Å². The van der Waals surface area contributed by atoms with Gasteiger partial charge in [0.2, 0.25) is 0 Å². The van der Waals surface area contributed by atoms with Gasteiger partial charge in [0.15, 0.2) is 0 Å². The number of anilines is 1. The van der Waals surface area contributed by atoms with Crippen LogP contribution >= 0.6 is 11.6 Å². The van der Waals surface area contributed by atoms with Gasteiger partial charge in [0.25, 0.3) is 0 Å². The normalized spacial score (nSPS) is 11.6. The van der Waals surface area contributed by atoms with Crippen LogP contribution in [0, 0.1) is 0 Å². The first-order valence-electron chi connectivity index (χ1n) is 7.07. The van der Waals surface area contributed by atoms with Crippen molar-refractivity contribution in [2.24, 2.45) is 10.7 Å². The molecule has 4 heteroatoms. The minimum Gasteiger partial charge on any atom is -0.398 e. The molecule has 110 valence electrons. The maximum atomic E-state index is 6.11. The fourth-order valence-corrected chi connectivity index (χ4v) is 2.28. The molecule has 0 saturated carbocycles. The lowest BCUT2D eigenvalue weighted by Crippen LogP contribution is -2.08. The van der Waals surface area contributed by atoms with Crippen molar-refractivity contribution in [2.75, 3.05) is 18.8 Å². The number of hydrogen-bond acceptors (Lipinski definition) is 3. The second kappa shape index (κ2) is 7.81. The van der Waals surface area contributed by atoms with Gasteiger partial charge < -0.3 is 11.5 Å². The minimum atomic E-state index is 0.657. The van der Waals surface area contributed by atoms with Gasteiger partial charge in [-0.05, 0) is 37.6 Å². The smallest absolute Gasteiger partial charge is 0.0740 e. The molecule has 0 fully saturated rings. The summed E-state index contributed by atoms with van der Waals surface area (Å²) < 4.78 is 0. The highest BCUT2D eigenvalue weighted by Crippen LogP contribution is 2.22. The average molecular weight is 302 g/mol. The van der Waals surface area contributed by atoms with Crippen LogP contribution in [-0.2, 0) is 0 Å². The Labute approximate surface area is 130 Å². The number of aliphatic imine (C=N–C) groups is 1. The van der Waals surface area contributed by atoms with E-state index < -0.39 is 0 Å². The van der Waals surface area contributed by atoms with Gasteiger partial charge >= 0.3 is 0 Å². The lowest BCUT2D eigenvalue weighted by molar-refractivity contribution is 0.756. The molecule has 0 aromatic heterocycles. The van der Waals surface area contributed by atoms with Crippen LogP contribution in [0.15, 0.2) is 53.5 Å². The van der Waals surface area contributed by atoms with Gasteiger partial charge in [0.05, 0.1) is 5.71 Å². The molecule has 3 nitrogen and oxygen atoms in total. The molecule has 0 aliphatic carbocycles. The molecule has 0 spiro atoms. The molecule has 0 amide bonds. The first-order chi connectivity index (χ1) is 10.2. The van der Waals surface area contributed by atoms with E-state index in [0.29, 0.717) is 17.3 Å². The van der Waals surface area contributed by atoms with Crippen LogP contribution < -0.4 is 11.5 Å². The van der Waals surface area contributed by atoms with Crippen LogP contribution in [0.5, 0.6) is 0 Å². The largest absolute Gasteiger partial charge is 0.398 e. The van der Waals surface area contributed by atoms with Crippen molar-refractivity contribution in [2.45, 2.75) is 12.8 Å². The van der Waals surface area contributed by atoms with Crippen LogP contribution in [0.25, 0.3) is 0 Å². The topological polar surface area (TPSA) is 64.4 Å². The molecule has 0 heterocycles. The summed E-state index contributed by atoms with van der Waals surface area (Å²) in [5.74, 6) is 0. The fraction of sp³-hybridized carbons (Fsp3) is 0.235. The number of nitrogens with two attached hydrogens (primary N) is 2. The lowest BCUT2D eigenvalue weighted by atomic mass is 10.0. The van der Waals surface area contributed by atoms with Crippen molar-refractivity contribution in [1.29, 1.82) is 0 Å². The van der Waals surface area contributed by atoms with Crippen molar-refractivity contribution in [3.05, 3.63) is 64.7 Å². The molecule has 0 saturated heterocycles. The van der Waals surface area contributed by atoms with Crippen LogP contribution in [0.2, 0.25) is 5.02 Å². The summed E-state index contributed by atoms with van der Waals surface area (Å²) in [6.45, 7) is 1.42. The van der Waals surface area contributed by atoms with Gasteiger partial charge in [-0.15, -0.1) is 0 Å². The third-order valence-corrected chi connectivity index (χ3v) is 3.43. The van der Waals surface area contributed by atoms with Gasteiger partial charge in [-0.3, -0.25) is 4.99 Å². The molecule has 2 aromatic rings. The molecule has 0 bridgehead atoms. The molecular weight excluding hydrogens is 282 g/mol. The highest BCUT2D eigenvalue weighted by atomic mass is 35.5. The third-order valence-electron chi connectivity index (χ3n) is 3.20. The van der Waals surface area contributed by atoms with Crippen LogP contribution in [0.4, 0.5) is 5.69 Å². The Morgan fingerprint density at radius 3 is 2.52 bits per heavy atom. The van der Waals surface area contributed by atoms with Crippen LogP contribution in [-0.4, -0.2) is 18.8 Å². The summed E-state index contributed by atoms with van der Waals surface area (Å²) in [6, 6.07) is 15.5. The predicted octanol–water partition coefficient (Wildman–Crippen LogP) is 3.50. The molecule has 0 atom stereocenters. The molecule has 2 aromatic carbocycles. The first-order valence-corrected chi connectivity index (χ1v) is 7.45. The summed E-state index contributed by atoms with van der Waals surface area (Å²) in [5, 5.41) is 0.657. The second-order valence-electron chi connectivity index (χ2n) is 4.82. The molecule has 21 heavy (non-hydrogen) atoms.